The monoisotopic (exact) mass is 490 g/mol. The van der Waals surface area contributed by atoms with Crippen molar-refractivity contribution in [3.63, 3.8) is 0 Å². The van der Waals surface area contributed by atoms with Gasteiger partial charge in [0.2, 0.25) is 0 Å². The molecule has 0 saturated heterocycles. The van der Waals surface area contributed by atoms with E-state index in [1.807, 2.05) is 37.4 Å². The Labute approximate surface area is 216 Å². The molecule has 0 aliphatic carbocycles. The summed E-state index contributed by atoms with van der Waals surface area (Å²) in [5.74, 6) is 6.75. The fourth-order valence-corrected chi connectivity index (χ4v) is 4.71. The number of pyridine rings is 2. The Kier molecular flexibility index (Phi) is 6.66. The first-order valence-electron chi connectivity index (χ1n) is 12.2. The minimum Gasteiger partial charge on any atom is -0.382 e. The number of hydrogen-bond acceptors (Lipinski definition) is 6. The quantitative estimate of drug-likeness (QED) is 0.134. The lowest BCUT2D eigenvalue weighted by Gasteiger charge is -2.13. The average Bonchev–Trinajstić information content (AvgIpc) is 3.27. The van der Waals surface area contributed by atoms with Crippen molar-refractivity contribution in [1.29, 1.82) is 0 Å². The predicted octanol–water partition coefficient (Wildman–Crippen LogP) is 4.47. The summed E-state index contributed by atoms with van der Waals surface area (Å²) in [5.41, 5.74) is 18.6. The molecule has 0 fully saturated rings. The van der Waals surface area contributed by atoms with E-state index in [4.69, 9.17) is 21.5 Å². The molecule has 8 nitrogen and oxygen atoms in total. The first-order valence-corrected chi connectivity index (χ1v) is 12.2. The van der Waals surface area contributed by atoms with Crippen molar-refractivity contribution in [2.45, 2.75) is 33.7 Å². The molecule has 0 bridgehead atoms. The molecule has 0 unspecified atom stereocenters. The van der Waals surface area contributed by atoms with E-state index in [9.17, 15) is 0 Å². The van der Waals surface area contributed by atoms with Gasteiger partial charge < -0.3 is 10.3 Å². The van der Waals surface area contributed by atoms with Gasteiger partial charge >= 0.3 is 0 Å². The Morgan fingerprint density at radius 3 is 2.46 bits per heavy atom. The van der Waals surface area contributed by atoms with Crippen molar-refractivity contribution in [3.05, 3.63) is 101 Å². The molecule has 0 aliphatic rings. The van der Waals surface area contributed by atoms with E-state index >= 15 is 0 Å². The Morgan fingerprint density at radius 1 is 0.973 bits per heavy atom. The van der Waals surface area contributed by atoms with Crippen LogP contribution in [0.3, 0.4) is 0 Å². The lowest BCUT2D eigenvalue weighted by atomic mass is 9.94. The van der Waals surface area contributed by atoms with E-state index in [1.165, 1.54) is 0 Å². The van der Waals surface area contributed by atoms with Crippen LogP contribution < -0.4 is 17.1 Å². The normalized spacial score (nSPS) is 11.7. The van der Waals surface area contributed by atoms with Gasteiger partial charge in [-0.2, -0.15) is 0 Å². The molecule has 0 aliphatic heterocycles. The molecule has 5 N–H and O–H groups in total. The number of aromatic nitrogens is 4. The second-order valence-electron chi connectivity index (χ2n) is 9.05. The molecule has 0 saturated carbocycles. The largest absolute Gasteiger partial charge is 0.382 e. The zero-order valence-corrected chi connectivity index (χ0v) is 21.2. The van der Waals surface area contributed by atoms with Crippen molar-refractivity contribution >= 4 is 17.0 Å². The van der Waals surface area contributed by atoms with E-state index in [0.717, 1.165) is 68.0 Å². The van der Waals surface area contributed by atoms with Crippen LogP contribution >= 0.6 is 0 Å². The van der Waals surface area contributed by atoms with Crippen molar-refractivity contribution in [2.75, 3.05) is 0 Å². The van der Waals surface area contributed by atoms with Gasteiger partial charge in [0.25, 0.3) is 0 Å². The predicted molar refractivity (Wildman–Crippen MR) is 149 cm³/mol. The van der Waals surface area contributed by atoms with Gasteiger partial charge in [-0.25, -0.2) is 21.3 Å². The lowest BCUT2D eigenvalue weighted by Crippen LogP contribution is -2.23. The fraction of sp³-hybridized carbons (Fsp3) is 0.172. The van der Waals surface area contributed by atoms with Crippen molar-refractivity contribution in [1.82, 2.24) is 25.1 Å². The molecule has 5 rings (SSSR count). The number of fused-ring (bicyclic) bond motifs is 1. The Hall–Kier alpha value is -4.56. The molecule has 3 heterocycles. The molecule has 5 aromatic rings. The number of nitrogens with one attached hydrogen (secondary N) is 1. The highest BCUT2D eigenvalue weighted by molar-refractivity contribution is 6.04. The smallest absolute Gasteiger partial charge is 0.160 e. The summed E-state index contributed by atoms with van der Waals surface area (Å²) in [6, 6.07) is 20.6. The van der Waals surface area contributed by atoms with Crippen molar-refractivity contribution in [2.24, 2.45) is 16.7 Å². The van der Waals surface area contributed by atoms with Gasteiger partial charge in [-0.3, -0.25) is 4.98 Å². The maximum atomic E-state index is 6.24. The third-order valence-electron chi connectivity index (χ3n) is 6.50. The van der Waals surface area contributed by atoms with E-state index < -0.39 is 0 Å². The summed E-state index contributed by atoms with van der Waals surface area (Å²) in [4.78, 5) is 13.9. The molecule has 0 amide bonds. The maximum Gasteiger partial charge on any atom is 0.160 e. The molecule has 3 aromatic heterocycles. The number of hydrogen-bond donors (Lipinski definition) is 3. The Balaban J connectivity index is 1.54. The molecule has 8 heteroatoms. The van der Waals surface area contributed by atoms with Gasteiger partial charge in [0.1, 0.15) is 11.3 Å². The van der Waals surface area contributed by atoms with Crippen LogP contribution in [0.1, 0.15) is 35.1 Å². The first kappa shape index (κ1) is 24.1. The van der Waals surface area contributed by atoms with Crippen LogP contribution in [-0.2, 0) is 13.0 Å². The summed E-state index contributed by atoms with van der Waals surface area (Å²) in [5, 5.41) is 4.01. The lowest BCUT2D eigenvalue weighted by molar-refractivity contribution is 0.745. The van der Waals surface area contributed by atoms with Crippen LogP contribution in [0, 0.1) is 13.8 Å². The van der Waals surface area contributed by atoms with Gasteiger partial charge in [-0.1, -0.05) is 43.3 Å². The minimum absolute atomic E-state index is 0.314. The summed E-state index contributed by atoms with van der Waals surface area (Å²) < 4.78 is 2.22. The third-order valence-corrected chi connectivity index (χ3v) is 6.50. The first-order chi connectivity index (χ1) is 18.0. The number of nitrogens with zero attached hydrogens (tertiary/aromatic N) is 5. The van der Waals surface area contributed by atoms with Crippen molar-refractivity contribution < 1.29 is 0 Å². The summed E-state index contributed by atoms with van der Waals surface area (Å²) in [6.07, 6.45) is 4.45. The van der Waals surface area contributed by atoms with Gasteiger partial charge in [0.15, 0.2) is 11.5 Å². The van der Waals surface area contributed by atoms with E-state index in [2.05, 4.69) is 70.4 Å². The van der Waals surface area contributed by atoms with E-state index in [0.29, 0.717) is 12.4 Å². The number of nitrogens with two attached hydrogens (primary N) is 2. The zero-order chi connectivity index (χ0) is 25.9. The summed E-state index contributed by atoms with van der Waals surface area (Å²) in [6.45, 7) is 6.94. The maximum absolute atomic E-state index is 6.24. The van der Waals surface area contributed by atoms with Gasteiger partial charge in [-0.05, 0) is 65.9 Å². The SMILES string of the molecule is CCc1nc2c(C)cc(C)nc2n1Cc1ccc(-c2cc(-c3cccnc3)ccc2/C(N)=N/NN)cc1. The van der Waals surface area contributed by atoms with E-state index in [-0.39, 0.29) is 0 Å². The standard InChI is InChI=1S/C29H30N8/c1-4-26-34-27-18(2)14-19(3)33-29(27)37(26)17-20-7-9-21(10-8-20)25-15-22(23-6-5-13-32-16-23)11-12-24(25)28(30)35-36-31/h5-16,36H,4,17,31H2,1-3H3,(H2,30,35). The zero-order valence-electron chi connectivity index (χ0n) is 21.2. The molecule has 2 aromatic carbocycles. The molecule has 186 valence electrons. The molecular formula is C29H30N8. The number of amidine groups is 1. The van der Waals surface area contributed by atoms with Crippen LogP contribution in [-0.4, -0.2) is 25.4 Å². The van der Waals surface area contributed by atoms with E-state index in [1.54, 1.807) is 6.20 Å². The fourth-order valence-electron chi connectivity index (χ4n) is 4.71. The van der Waals surface area contributed by atoms with Gasteiger partial charge in [0.05, 0.1) is 6.54 Å². The minimum atomic E-state index is 0.314. The second kappa shape index (κ2) is 10.2. The number of hydrazone groups is 1. The summed E-state index contributed by atoms with van der Waals surface area (Å²) in [7, 11) is 0. The summed E-state index contributed by atoms with van der Waals surface area (Å²) >= 11 is 0. The number of hydrazine groups is 1. The average molecular weight is 491 g/mol. The Morgan fingerprint density at radius 2 is 1.76 bits per heavy atom. The highest BCUT2D eigenvalue weighted by atomic mass is 15.5. The molecule has 37 heavy (non-hydrogen) atoms. The number of imidazole rings is 1. The number of rotatable bonds is 7. The van der Waals surface area contributed by atoms with Crippen LogP contribution in [0.15, 0.2) is 78.2 Å². The van der Waals surface area contributed by atoms with Crippen LogP contribution in [0.5, 0.6) is 0 Å². The second-order valence-corrected chi connectivity index (χ2v) is 9.05. The van der Waals surface area contributed by atoms with Crippen LogP contribution in [0.4, 0.5) is 0 Å². The third kappa shape index (κ3) is 4.79. The molecular weight excluding hydrogens is 460 g/mol. The van der Waals surface area contributed by atoms with Crippen molar-refractivity contribution in [3.8, 4) is 22.3 Å². The number of aryl methyl sites for hydroxylation is 3. The molecule has 0 spiro atoms. The van der Waals surface area contributed by atoms with Crippen LogP contribution in [0.25, 0.3) is 33.4 Å². The van der Waals surface area contributed by atoms with Gasteiger partial charge in [-0.15, -0.1) is 5.10 Å². The number of benzene rings is 2. The Bertz CT molecular complexity index is 1580. The molecule has 0 radical (unpaired) electrons. The highest BCUT2D eigenvalue weighted by Gasteiger charge is 2.15. The van der Waals surface area contributed by atoms with Crippen LogP contribution in [0.2, 0.25) is 0 Å². The highest BCUT2D eigenvalue weighted by Crippen LogP contribution is 2.30. The van der Waals surface area contributed by atoms with Gasteiger partial charge in [0, 0.05) is 35.6 Å². The molecule has 0 atom stereocenters. The topological polar surface area (TPSA) is 120 Å².